The lowest BCUT2D eigenvalue weighted by atomic mass is 9.90. The molecule has 1 saturated heterocycles. The van der Waals surface area contributed by atoms with Crippen molar-refractivity contribution in [3.8, 4) is 0 Å². The van der Waals surface area contributed by atoms with E-state index < -0.39 is 0 Å². The van der Waals surface area contributed by atoms with Crippen molar-refractivity contribution in [1.82, 2.24) is 15.2 Å². The van der Waals surface area contributed by atoms with E-state index in [1.165, 1.54) is 22.2 Å². The summed E-state index contributed by atoms with van der Waals surface area (Å²) >= 11 is 0. The van der Waals surface area contributed by atoms with Crippen LogP contribution in [0.25, 0.3) is 10.9 Å². The first kappa shape index (κ1) is 17.5. The van der Waals surface area contributed by atoms with Crippen molar-refractivity contribution in [1.29, 1.82) is 0 Å². The lowest BCUT2D eigenvalue weighted by Gasteiger charge is -2.32. The summed E-state index contributed by atoms with van der Waals surface area (Å²) in [7, 11) is 0. The summed E-state index contributed by atoms with van der Waals surface area (Å²) in [5, 5.41) is 4.63. The highest BCUT2D eigenvalue weighted by atomic mass is 16.2. The van der Waals surface area contributed by atoms with Crippen LogP contribution >= 0.6 is 0 Å². The minimum atomic E-state index is 0.184. The van der Waals surface area contributed by atoms with Gasteiger partial charge in [0.05, 0.1) is 0 Å². The minimum absolute atomic E-state index is 0.184. The van der Waals surface area contributed by atoms with Crippen LogP contribution in [0, 0.1) is 5.92 Å². The van der Waals surface area contributed by atoms with Crippen LogP contribution < -0.4 is 5.32 Å². The molecule has 2 aliphatic rings. The van der Waals surface area contributed by atoms with Crippen LogP contribution in [0.4, 0.5) is 0 Å². The number of hydrogen-bond donors (Lipinski definition) is 2. The number of aromatic nitrogens is 1. The molecule has 1 aromatic heterocycles. The Labute approximate surface area is 165 Å². The Morgan fingerprint density at radius 2 is 1.89 bits per heavy atom. The lowest BCUT2D eigenvalue weighted by Crippen LogP contribution is -2.38. The fraction of sp³-hybridized carbons (Fsp3) is 0.375. The number of piperidine rings is 1. The van der Waals surface area contributed by atoms with E-state index in [0.717, 1.165) is 62.9 Å². The molecule has 2 aliphatic heterocycles. The average Bonchev–Trinajstić information content (AvgIpc) is 3.12. The molecule has 1 amide bonds. The van der Waals surface area contributed by atoms with Crippen molar-refractivity contribution in [2.45, 2.75) is 32.2 Å². The normalized spacial score (nSPS) is 17.6. The molecule has 0 unspecified atom stereocenters. The molecule has 0 spiro atoms. The predicted molar refractivity (Wildman–Crippen MR) is 112 cm³/mol. The van der Waals surface area contributed by atoms with Gasteiger partial charge in [-0.15, -0.1) is 0 Å². The topological polar surface area (TPSA) is 48.1 Å². The summed E-state index contributed by atoms with van der Waals surface area (Å²) in [6.07, 6.45) is 4.33. The maximum atomic E-state index is 13.1. The van der Waals surface area contributed by atoms with E-state index in [4.69, 9.17) is 0 Å². The monoisotopic (exact) mass is 373 g/mol. The van der Waals surface area contributed by atoms with Gasteiger partial charge in [-0.2, -0.15) is 0 Å². The summed E-state index contributed by atoms with van der Waals surface area (Å²) < 4.78 is 0. The van der Waals surface area contributed by atoms with Crippen LogP contribution in [-0.2, 0) is 19.4 Å². The van der Waals surface area contributed by atoms with Crippen LogP contribution in [0.5, 0.6) is 0 Å². The van der Waals surface area contributed by atoms with Gasteiger partial charge in [0.1, 0.15) is 0 Å². The van der Waals surface area contributed by atoms with Crippen molar-refractivity contribution in [2.24, 2.45) is 5.92 Å². The Morgan fingerprint density at radius 3 is 2.71 bits per heavy atom. The van der Waals surface area contributed by atoms with Crippen molar-refractivity contribution in [3.63, 3.8) is 0 Å². The molecular weight excluding hydrogens is 346 g/mol. The number of amides is 1. The Morgan fingerprint density at radius 1 is 1.07 bits per heavy atom. The second kappa shape index (κ2) is 7.44. The molecule has 2 N–H and O–H groups in total. The van der Waals surface area contributed by atoms with Crippen LogP contribution in [-0.4, -0.2) is 35.4 Å². The van der Waals surface area contributed by atoms with E-state index in [-0.39, 0.29) is 5.91 Å². The zero-order chi connectivity index (χ0) is 18.9. The highest BCUT2D eigenvalue weighted by molar-refractivity contribution is 5.99. The molecule has 5 rings (SSSR count). The molecule has 28 heavy (non-hydrogen) atoms. The minimum Gasteiger partial charge on any atom is -0.357 e. The predicted octanol–water partition coefficient (Wildman–Crippen LogP) is 3.91. The van der Waals surface area contributed by atoms with Crippen LogP contribution in [0.15, 0.2) is 48.5 Å². The number of aromatic amines is 1. The fourth-order valence-electron chi connectivity index (χ4n) is 4.77. The van der Waals surface area contributed by atoms with Crippen molar-refractivity contribution >= 4 is 16.8 Å². The zero-order valence-electron chi connectivity index (χ0n) is 16.2. The van der Waals surface area contributed by atoms with Crippen molar-refractivity contribution < 1.29 is 4.79 Å². The second-order valence-electron chi connectivity index (χ2n) is 8.19. The molecule has 1 fully saturated rings. The summed E-state index contributed by atoms with van der Waals surface area (Å²) in [6, 6.07) is 16.9. The molecule has 144 valence electrons. The molecule has 4 nitrogen and oxygen atoms in total. The largest absolute Gasteiger partial charge is 0.357 e. The maximum Gasteiger partial charge on any atom is 0.253 e. The number of likely N-dealkylation sites (tertiary alicyclic amines) is 1. The van der Waals surface area contributed by atoms with Gasteiger partial charge >= 0.3 is 0 Å². The third-order valence-electron chi connectivity index (χ3n) is 6.36. The lowest BCUT2D eigenvalue weighted by molar-refractivity contribution is 0.0690. The van der Waals surface area contributed by atoms with E-state index in [2.05, 4.69) is 52.8 Å². The number of hydrogen-bond acceptors (Lipinski definition) is 2. The maximum absolute atomic E-state index is 13.1. The number of H-pyrrole nitrogens is 1. The number of rotatable bonds is 3. The Hall–Kier alpha value is -2.59. The van der Waals surface area contributed by atoms with Gasteiger partial charge in [0.15, 0.2) is 0 Å². The highest BCUT2D eigenvalue weighted by Gasteiger charge is 2.24. The molecule has 3 heterocycles. The molecule has 4 heteroatoms. The molecule has 3 aromatic rings. The van der Waals surface area contributed by atoms with Crippen molar-refractivity contribution in [3.05, 3.63) is 70.9 Å². The number of nitrogens with zero attached hydrogens (tertiary/aromatic N) is 1. The third-order valence-corrected chi connectivity index (χ3v) is 6.36. The van der Waals surface area contributed by atoms with Gasteiger partial charge in [-0.3, -0.25) is 4.79 Å². The number of fused-ring (bicyclic) bond motifs is 3. The molecule has 0 bridgehead atoms. The summed E-state index contributed by atoms with van der Waals surface area (Å²) in [6.45, 7) is 3.63. The van der Waals surface area contributed by atoms with Gasteiger partial charge in [0, 0.05) is 41.8 Å². The summed E-state index contributed by atoms with van der Waals surface area (Å²) in [5.74, 6) is 0.863. The van der Waals surface area contributed by atoms with E-state index in [9.17, 15) is 4.79 Å². The summed E-state index contributed by atoms with van der Waals surface area (Å²) in [5.41, 5.74) is 6.03. The highest BCUT2D eigenvalue weighted by Crippen LogP contribution is 2.28. The second-order valence-corrected chi connectivity index (χ2v) is 8.19. The first-order valence-corrected chi connectivity index (χ1v) is 10.5. The number of carbonyl (C=O) groups excluding carboxylic acids is 1. The molecule has 0 aliphatic carbocycles. The number of benzene rings is 2. The first-order chi connectivity index (χ1) is 13.8. The standard InChI is InChI=1S/C24H27N3O/c28-24(27-12-9-18(10-13-27)14-17-4-2-1-3-5-17)19-6-7-22-21(15-19)20-8-11-25-16-23(20)26-22/h1-7,15,18,25-26H,8-14,16H2. The van der Waals surface area contributed by atoms with Crippen LogP contribution in [0.1, 0.15) is 40.0 Å². The van der Waals surface area contributed by atoms with E-state index >= 15 is 0 Å². The van der Waals surface area contributed by atoms with Gasteiger partial charge in [-0.25, -0.2) is 0 Å². The fourth-order valence-corrected chi connectivity index (χ4v) is 4.77. The Kier molecular flexibility index (Phi) is 4.65. The number of carbonyl (C=O) groups is 1. The average molecular weight is 374 g/mol. The van der Waals surface area contributed by atoms with Crippen molar-refractivity contribution in [2.75, 3.05) is 19.6 Å². The summed E-state index contributed by atoms with van der Waals surface area (Å²) in [4.78, 5) is 18.6. The van der Waals surface area contributed by atoms with E-state index in [1.54, 1.807) is 0 Å². The quantitative estimate of drug-likeness (QED) is 0.731. The smallest absolute Gasteiger partial charge is 0.253 e. The number of nitrogens with one attached hydrogen (secondary N) is 2. The van der Waals surface area contributed by atoms with Gasteiger partial charge in [0.25, 0.3) is 5.91 Å². The van der Waals surface area contributed by atoms with E-state index in [1.807, 2.05) is 11.0 Å². The zero-order valence-corrected chi connectivity index (χ0v) is 16.2. The van der Waals surface area contributed by atoms with Gasteiger partial charge in [-0.05, 0) is 67.5 Å². The SMILES string of the molecule is O=C(c1ccc2[nH]c3c(c2c1)CCNC3)N1CCC(Cc2ccccc2)CC1. The molecule has 2 aromatic carbocycles. The Bertz CT molecular complexity index is 984. The van der Waals surface area contributed by atoms with Gasteiger partial charge in [-0.1, -0.05) is 30.3 Å². The van der Waals surface area contributed by atoms with Gasteiger partial charge in [0.2, 0.25) is 0 Å². The molecular formula is C24H27N3O. The third kappa shape index (κ3) is 3.33. The van der Waals surface area contributed by atoms with E-state index in [0.29, 0.717) is 5.92 Å². The van der Waals surface area contributed by atoms with Crippen LogP contribution in [0.2, 0.25) is 0 Å². The first-order valence-electron chi connectivity index (χ1n) is 10.5. The van der Waals surface area contributed by atoms with Crippen LogP contribution in [0.3, 0.4) is 0 Å². The Balaban J connectivity index is 1.28. The molecule has 0 atom stereocenters. The molecule has 0 radical (unpaired) electrons. The molecule has 0 saturated carbocycles. The van der Waals surface area contributed by atoms with Gasteiger partial charge < -0.3 is 15.2 Å².